The number of rotatable bonds is 8. The Balaban J connectivity index is 1.84. The van der Waals surface area contributed by atoms with Crippen molar-refractivity contribution in [2.75, 3.05) is 23.8 Å². The monoisotopic (exact) mass is 534 g/mol. The number of hydrogen-bond donors (Lipinski definition) is 2. The van der Waals surface area contributed by atoms with E-state index >= 15 is 0 Å². The Morgan fingerprint density at radius 2 is 1.71 bits per heavy atom. The fourth-order valence-corrected chi connectivity index (χ4v) is 4.75. The van der Waals surface area contributed by atoms with Crippen molar-refractivity contribution in [1.29, 1.82) is 0 Å². The van der Waals surface area contributed by atoms with Gasteiger partial charge in [0.25, 0.3) is 11.8 Å². The summed E-state index contributed by atoms with van der Waals surface area (Å²) in [7, 11) is 0. The van der Waals surface area contributed by atoms with Gasteiger partial charge in [0.15, 0.2) is 6.61 Å². The summed E-state index contributed by atoms with van der Waals surface area (Å²) >= 11 is 12.9. The van der Waals surface area contributed by atoms with E-state index in [1.807, 2.05) is 26.0 Å². The number of benzene rings is 2. The topological polar surface area (TPSA) is 93.7 Å². The van der Waals surface area contributed by atoms with Gasteiger partial charge in [-0.15, -0.1) is 11.3 Å². The standard InChI is InChI=1S/C25H24Cl2N2O5S/c1-5-33-25(32)22-15(4)21(23(31)28-17-8-6-13(2)14(3)10-17)24(35-22)29-20(30)12-34-19-9-7-16(26)11-18(19)27/h6-11H,5,12H2,1-4H3,(H,28,31)(H,29,30). The van der Waals surface area contributed by atoms with Crippen LogP contribution in [0.3, 0.4) is 0 Å². The first-order valence-electron chi connectivity index (χ1n) is 10.7. The van der Waals surface area contributed by atoms with E-state index in [0.29, 0.717) is 16.3 Å². The fraction of sp³-hybridized carbons (Fsp3) is 0.240. The molecule has 2 amide bonds. The van der Waals surface area contributed by atoms with Crippen molar-refractivity contribution >= 4 is 63.0 Å². The van der Waals surface area contributed by atoms with Crippen LogP contribution in [0.1, 0.15) is 43.6 Å². The summed E-state index contributed by atoms with van der Waals surface area (Å²) in [6.07, 6.45) is 0. The molecule has 0 unspecified atom stereocenters. The Kier molecular flexibility index (Phi) is 8.77. The molecule has 3 aromatic rings. The van der Waals surface area contributed by atoms with Gasteiger partial charge in [-0.2, -0.15) is 0 Å². The van der Waals surface area contributed by atoms with E-state index in [1.165, 1.54) is 6.07 Å². The van der Waals surface area contributed by atoms with Gasteiger partial charge in [-0.3, -0.25) is 9.59 Å². The molecule has 184 valence electrons. The highest BCUT2D eigenvalue weighted by atomic mass is 35.5. The van der Waals surface area contributed by atoms with Gasteiger partial charge in [-0.1, -0.05) is 29.3 Å². The van der Waals surface area contributed by atoms with Gasteiger partial charge in [0.05, 0.1) is 17.2 Å². The van der Waals surface area contributed by atoms with Gasteiger partial charge in [0, 0.05) is 10.7 Å². The van der Waals surface area contributed by atoms with E-state index in [9.17, 15) is 14.4 Å². The van der Waals surface area contributed by atoms with Crippen LogP contribution < -0.4 is 15.4 Å². The highest BCUT2D eigenvalue weighted by Gasteiger charge is 2.27. The van der Waals surface area contributed by atoms with Crippen LogP contribution in [-0.4, -0.2) is 31.0 Å². The minimum Gasteiger partial charge on any atom is -0.482 e. The summed E-state index contributed by atoms with van der Waals surface area (Å²) in [4.78, 5) is 38.5. The molecule has 0 aliphatic carbocycles. The molecule has 1 heterocycles. The third-order valence-corrected chi connectivity index (χ3v) is 6.82. The van der Waals surface area contributed by atoms with Crippen LogP contribution >= 0.6 is 34.5 Å². The SMILES string of the molecule is CCOC(=O)c1sc(NC(=O)COc2ccc(Cl)cc2Cl)c(C(=O)Nc2ccc(C)c(C)c2)c1C. The van der Waals surface area contributed by atoms with E-state index in [-0.39, 0.29) is 39.4 Å². The van der Waals surface area contributed by atoms with Crippen LogP contribution in [-0.2, 0) is 9.53 Å². The quantitative estimate of drug-likeness (QED) is 0.325. The largest absolute Gasteiger partial charge is 0.482 e. The van der Waals surface area contributed by atoms with Gasteiger partial charge >= 0.3 is 5.97 Å². The summed E-state index contributed by atoms with van der Waals surface area (Å²) in [6, 6.07) is 10.2. The van der Waals surface area contributed by atoms with E-state index < -0.39 is 17.8 Å². The van der Waals surface area contributed by atoms with Gasteiger partial charge < -0.3 is 20.1 Å². The molecular formula is C25H24Cl2N2O5S. The Morgan fingerprint density at radius 3 is 2.37 bits per heavy atom. The van der Waals surface area contributed by atoms with Crippen molar-refractivity contribution in [3.63, 3.8) is 0 Å². The Hall–Kier alpha value is -3.07. The molecule has 0 atom stereocenters. The molecule has 0 saturated carbocycles. The zero-order chi connectivity index (χ0) is 25.7. The Morgan fingerprint density at radius 1 is 0.971 bits per heavy atom. The molecule has 35 heavy (non-hydrogen) atoms. The lowest BCUT2D eigenvalue weighted by Crippen LogP contribution is -2.22. The van der Waals surface area contributed by atoms with E-state index in [0.717, 1.165) is 22.5 Å². The minimum atomic E-state index is -0.570. The van der Waals surface area contributed by atoms with Crippen molar-refractivity contribution in [3.8, 4) is 5.75 Å². The molecule has 0 bridgehead atoms. The molecule has 7 nitrogen and oxygen atoms in total. The van der Waals surface area contributed by atoms with Crippen LogP contribution in [0.25, 0.3) is 0 Å². The lowest BCUT2D eigenvalue weighted by atomic mass is 10.1. The van der Waals surface area contributed by atoms with Crippen molar-refractivity contribution in [2.45, 2.75) is 27.7 Å². The average molecular weight is 535 g/mol. The fourth-order valence-electron chi connectivity index (χ4n) is 3.18. The molecule has 0 saturated heterocycles. The van der Waals surface area contributed by atoms with Gasteiger partial charge in [0.1, 0.15) is 15.6 Å². The highest BCUT2D eigenvalue weighted by Crippen LogP contribution is 2.35. The highest BCUT2D eigenvalue weighted by molar-refractivity contribution is 7.18. The third kappa shape index (κ3) is 6.54. The molecule has 0 spiro atoms. The maximum absolute atomic E-state index is 13.2. The number of nitrogens with one attached hydrogen (secondary N) is 2. The van der Waals surface area contributed by atoms with Crippen LogP contribution in [0.2, 0.25) is 10.0 Å². The van der Waals surface area contributed by atoms with Crippen molar-refractivity contribution in [2.24, 2.45) is 0 Å². The zero-order valence-electron chi connectivity index (χ0n) is 19.6. The smallest absolute Gasteiger partial charge is 0.348 e. The molecule has 10 heteroatoms. The van der Waals surface area contributed by atoms with Crippen molar-refractivity contribution in [1.82, 2.24) is 0 Å². The Labute approximate surface area is 217 Å². The van der Waals surface area contributed by atoms with E-state index in [1.54, 1.807) is 32.0 Å². The number of halogens is 2. The van der Waals surface area contributed by atoms with Crippen LogP contribution in [0, 0.1) is 20.8 Å². The van der Waals surface area contributed by atoms with Gasteiger partial charge in [0.2, 0.25) is 0 Å². The third-order valence-electron chi connectivity index (χ3n) is 5.11. The van der Waals surface area contributed by atoms with Crippen LogP contribution in [0.15, 0.2) is 36.4 Å². The van der Waals surface area contributed by atoms with Gasteiger partial charge in [-0.05, 0) is 74.7 Å². The van der Waals surface area contributed by atoms with Gasteiger partial charge in [-0.25, -0.2) is 4.79 Å². The second-order valence-corrected chi connectivity index (χ2v) is 9.51. The van der Waals surface area contributed by atoms with Crippen LogP contribution in [0.4, 0.5) is 10.7 Å². The first-order valence-corrected chi connectivity index (χ1v) is 12.2. The molecular weight excluding hydrogens is 511 g/mol. The molecule has 0 radical (unpaired) electrons. The maximum atomic E-state index is 13.2. The zero-order valence-corrected chi connectivity index (χ0v) is 21.9. The van der Waals surface area contributed by atoms with Crippen molar-refractivity contribution < 1.29 is 23.9 Å². The number of ether oxygens (including phenoxy) is 2. The first-order chi connectivity index (χ1) is 16.6. The molecule has 0 aliphatic rings. The molecule has 3 rings (SSSR count). The van der Waals surface area contributed by atoms with E-state index in [2.05, 4.69) is 10.6 Å². The van der Waals surface area contributed by atoms with E-state index in [4.69, 9.17) is 32.7 Å². The number of anilines is 2. The summed E-state index contributed by atoms with van der Waals surface area (Å²) in [5.74, 6) is -1.28. The number of esters is 1. The molecule has 2 N–H and O–H groups in total. The number of amides is 2. The molecule has 0 aliphatic heterocycles. The lowest BCUT2D eigenvalue weighted by molar-refractivity contribution is -0.118. The Bertz CT molecular complexity index is 1290. The average Bonchev–Trinajstić information content (AvgIpc) is 3.11. The predicted molar refractivity (Wildman–Crippen MR) is 139 cm³/mol. The van der Waals surface area contributed by atoms with Crippen LogP contribution in [0.5, 0.6) is 5.75 Å². The second kappa shape index (κ2) is 11.6. The number of hydrogen-bond acceptors (Lipinski definition) is 6. The molecule has 2 aromatic carbocycles. The van der Waals surface area contributed by atoms with Crippen molar-refractivity contribution in [3.05, 3.63) is 73.6 Å². The maximum Gasteiger partial charge on any atom is 0.348 e. The summed E-state index contributed by atoms with van der Waals surface area (Å²) in [6.45, 7) is 7.05. The second-order valence-electron chi connectivity index (χ2n) is 7.65. The summed E-state index contributed by atoms with van der Waals surface area (Å²) < 4.78 is 10.6. The summed E-state index contributed by atoms with van der Waals surface area (Å²) in [5.41, 5.74) is 3.29. The molecule has 0 fully saturated rings. The number of carbonyl (C=O) groups is 3. The number of carbonyl (C=O) groups excluding carboxylic acids is 3. The normalized spacial score (nSPS) is 10.6. The molecule has 1 aromatic heterocycles. The summed E-state index contributed by atoms with van der Waals surface area (Å²) in [5, 5.41) is 6.42. The number of aryl methyl sites for hydroxylation is 2. The predicted octanol–water partition coefficient (Wildman–Crippen LogP) is 6.43. The first kappa shape index (κ1) is 26.5. The lowest BCUT2D eigenvalue weighted by Gasteiger charge is -2.11. The number of thiophene rings is 1. The minimum absolute atomic E-state index is 0.175.